The van der Waals surface area contributed by atoms with Gasteiger partial charge >= 0.3 is 5.97 Å². The minimum atomic E-state index is -0.727. The molecule has 2 aromatic rings. The first-order valence-corrected chi connectivity index (χ1v) is 8.32. The van der Waals surface area contributed by atoms with Crippen LogP contribution in [0.4, 0.5) is 17.5 Å². The molecule has 2 heterocycles. The maximum atomic E-state index is 11.0. The van der Waals surface area contributed by atoms with Crippen molar-refractivity contribution in [3.8, 4) is 0 Å². The maximum Gasteiger partial charge on any atom is 0.306 e. The van der Waals surface area contributed by atoms with E-state index in [0.29, 0.717) is 47.6 Å². The van der Waals surface area contributed by atoms with Crippen molar-refractivity contribution >= 4 is 46.6 Å². The molecular formula is C16H16Cl2N4O2. The third-order valence-electron chi connectivity index (χ3n) is 4.01. The topological polar surface area (TPSA) is 78.3 Å². The predicted octanol–water partition coefficient (Wildman–Crippen LogP) is 3.83. The fourth-order valence-corrected chi connectivity index (χ4v) is 3.01. The molecule has 3 rings (SSSR count). The smallest absolute Gasteiger partial charge is 0.306 e. The quantitative estimate of drug-likeness (QED) is 0.855. The lowest BCUT2D eigenvalue weighted by atomic mass is 9.97. The number of hydrogen-bond donors (Lipinski definition) is 2. The molecule has 24 heavy (non-hydrogen) atoms. The van der Waals surface area contributed by atoms with E-state index in [9.17, 15) is 4.79 Å². The molecule has 0 amide bonds. The first-order chi connectivity index (χ1) is 11.5. The largest absolute Gasteiger partial charge is 0.481 e. The summed E-state index contributed by atoms with van der Waals surface area (Å²) in [6.45, 7) is 1.32. The van der Waals surface area contributed by atoms with Crippen LogP contribution in [0.5, 0.6) is 0 Å². The molecule has 0 atom stereocenters. The Hall–Kier alpha value is -2.05. The van der Waals surface area contributed by atoms with Gasteiger partial charge in [-0.05, 0) is 31.0 Å². The average molecular weight is 367 g/mol. The van der Waals surface area contributed by atoms with Crippen molar-refractivity contribution in [3.63, 3.8) is 0 Å². The molecule has 1 aliphatic heterocycles. The van der Waals surface area contributed by atoms with Crippen LogP contribution >= 0.6 is 23.2 Å². The summed E-state index contributed by atoms with van der Waals surface area (Å²) >= 11 is 12.2. The van der Waals surface area contributed by atoms with E-state index < -0.39 is 5.97 Å². The lowest BCUT2D eigenvalue weighted by molar-refractivity contribution is -0.142. The number of carboxylic acids is 1. The van der Waals surface area contributed by atoms with Crippen LogP contribution in [0.1, 0.15) is 12.8 Å². The van der Waals surface area contributed by atoms with Gasteiger partial charge < -0.3 is 15.3 Å². The predicted molar refractivity (Wildman–Crippen MR) is 94.3 cm³/mol. The highest BCUT2D eigenvalue weighted by Crippen LogP contribution is 2.31. The van der Waals surface area contributed by atoms with Gasteiger partial charge in [-0.2, -0.15) is 4.98 Å². The number of hydrogen-bond acceptors (Lipinski definition) is 5. The molecule has 126 valence electrons. The van der Waals surface area contributed by atoms with E-state index in [1.54, 1.807) is 24.4 Å². The fourth-order valence-electron chi connectivity index (χ4n) is 2.66. The molecule has 6 nitrogen and oxygen atoms in total. The fraction of sp³-hybridized carbons (Fsp3) is 0.312. The summed E-state index contributed by atoms with van der Waals surface area (Å²) in [5.41, 5.74) is 0.630. The molecular weight excluding hydrogens is 351 g/mol. The van der Waals surface area contributed by atoms with Crippen LogP contribution in [0, 0.1) is 5.92 Å². The molecule has 1 aromatic heterocycles. The molecule has 1 saturated heterocycles. The Morgan fingerprint density at radius 3 is 2.71 bits per heavy atom. The van der Waals surface area contributed by atoms with Gasteiger partial charge in [0.25, 0.3) is 0 Å². The zero-order valence-corrected chi connectivity index (χ0v) is 14.3. The Kier molecular flexibility index (Phi) is 5.06. The van der Waals surface area contributed by atoms with E-state index in [0.717, 1.165) is 5.82 Å². The molecule has 0 saturated carbocycles. The summed E-state index contributed by atoms with van der Waals surface area (Å²) in [5, 5.41) is 13.0. The number of nitrogens with zero attached hydrogens (tertiary/aromatic N) is 3. The van der Waals surface area contributed by atoms with Gasteiger partial charge in [-0.25, -0.2) is 4.98 Å². The summed E-state index contributed by atoms with van der Waals surface area (Å²) in [6, 6.07) is 7.10. The third-order valence-corrected chi connectivity index (χ3v) is 4.83. The number of rotatable bonds is 4. The van der Waals surface area contributed by atoms with Crippen LogP contribution in [-0.4, -0.2) is 34.1 Å². The summed E-state index contributed by atoms with van der Waals surface area (Å²) < 4.78 is 0. The Bertz CT molecular complexity index is 749. The monoisotopic (exact) mass is 366 g/mol. The maximum absolute atomic E-state index is 11.0. The van der Waals surface area contributed by atoms with Crippen LogP contribution in [0.2, 0.25) is 10.0 Å². The number of anilines is 3. The number of aliphatic carboxylic acids is 1. The number of benzene rings is 1. The Morgan fingerprint density at radius 1 is 1.25 bits per heavy atom. The summed E-state index contributed by atoms with van der Waals surface area (Å²) in [5.74, 6) is 0.174. The SMILES string of the molecule is O=C(O)C1CCN(c2ccnc(Nc3cccc(Cl)c3Cl)n2)CC1. The second kappa shape index (κ2) is 7.23. The van der Waals surface area contributed by atoms with Crippen molar-refractivity contribution in [2.45, 2.75) is 12.8 Å². The number of nitrogens with one attached hydrogen (secondary N) is 1. The Balaban J connectivity index is 1.73. The number of halogens is 2. The highest BCUT2D eigenvalue weighted by Gasteiger charge is 2.25. The molecule has 2 N–H and O–H groups in total. The first-order valence-electron chi connectivity index (χ1n) is 7.56. The van der Waals surface area contributed by atoms with Gasteiger partial charge in [-0.3, -0.25) is 4.79 Å². The second-order valence-corrected chi connectivity index (χ2v) is 6.35. The normalized spacial score (nSPS) is 15.3. The minimum Gasteiger partial charge on any atom is -0.481 e. The van der Waals surface area contributed by atoms with Crippen molar-refractivity contribution in [2.24, 2.45) is 5.92 Å². The van der Waals surface area contributed by atoms with E-state index in [4.69, 9.17) is 28.3 Å². The highest BCUT2D eigenvalue weighted by molar-refractivity contribution is 6.43. The number of piperidine rings is 1. The highest BCUT2D eigenvalue weighted by atomic mass is 35.5. The molecule has 0 aliphatic carbocycles. The third kappa shape index (κ3) is 3.71. The summed E-state index contributed by atoms with van der Waals surface area (Å²) in [7, 11) is 0. The molecule has 1 fully saturated rings. The minimum absolute atomic E-state index is 0.272. The van der Waals surface area contributed by atoms with Crippen molar-refractivity contribution in [1.82, 2.24) is 9.97 Å². The van der Waals surface area contributed by atoms with Gasteiger partial charge in [-0.1, -0.05) is 29.3 Å². The lowest BCUT2D eigenvalue weighted by Gasteiger charge is -2.31. The number of carbonyl (C=O) groups is 1. The van der Waals surface area contributed by atoms with Crippen molar-refractivity contribution in [3.05, 3.63) is 40.5 Å². The van der Waals surface area contributed by atoms with Crippen LogP contribution in [0.15, 0.2) is 30.5 Å². The van der Waals surface area contributed by atoms with E-state index in [-0.39, 0.29) is 5.92 Å². The Morgan fingerprint density at radius 2 is 2.00 bits per heavy atom. The van der Waals surface area contributed by atoms with Crippen LogP contribution in [-0.2, 0) is 4.79 Å². The second-order valence-electron chi connectivity index (χ2n) is 5.56. The summed E-state index contributed by atoms with van der Waals surface area (Å²) in [4.78, 5) is 21.8. The van der Waals surface area contributed by atoms with Crippen LogP contribution in [0.3, 0.4) is 0 Å². The van der Waals surface area contributed by atoms with Gasteiger partial charge in [0.2, 0.25) is 5.95 Å². The average Bonchev–Trinajstić information content (AvgIpc) is 2.59. The molecule has 0 radical (unpaired) electrons. The standard InChI is InChI=1S/C16H16Cl2N4O2/c17-11-2-1-3-12(14(11)18)20-16-19-7-4-13(21-16)22-8-5-10(6-9-22)15(23)24/h1-4,7,10H,5-6,8-9H2,(H,23,24)(H,19,20,21). The van der Waals surface area contributed by atoms with Crippen LogP contribution < -0.4 is 10.2 Å². The zero-order chi connectivity index (χ0) is 17.1. The van der Waals surface area contributed by atoms with Gasteiger partial charge in [0, 0.05) is 19.3 Å². The molecule has 0 bridgehead atoms. The van der Waals surface area contributed by atoms with Crippen molar-refractivity contribution in [1.29, 1.82) is 0 Å². The molecule has 1 aliphatic rings. The van der Waals surface area contributed by atoms with Gasteiger partial charge in [-0.15, -0.1) is 0 Å². The van der Waals surface area contributed by atoms with E-state index in [1.165, 1.54) is 0 Å². The van der Waals surface area contributed by atoms with E-state index in [1.807, 2.05) is 6.07 Å². The zero-order valence-electron chi connectivity index (χ0n) is 12.7. The lowest BCUT2D eigenvalue weighted by Crippen LogP contribution is -2.36. The number of aromatic nitrogens is 2. The summed E-state index contributed by atoms with van der Waals surface area (Å²) in [6.07, 6.45) is 2.89. The molecule has 1 aromatic carbocycles. The number of carboxylic acid groups (broad SMARTS) is 1. The molecule has 0 spiro atoms. The van der Waals surface area contributed by atoms with E-state index >= 15 is 0 Å². The van der Waals surface area contributed by atoms with Gasteiger partial charge in [0.15, 0.2) is 0 Å². The van der Waals surface area contributed by atoms with Crippen molar-refractivity contribution < 1.29 is 9.90 Å². The van der Waals surface area contributed by atoms with Crippen LogP contribution in [0.25, 0.3) is 0 Å². The van der Waals surface area contributed by atoms with Crippen molar-refractivity contribution in [2.75, 3.05) is 23.3 Å². The van der Waals surface area contributed by atoms with E-state index in [2.05, 4.69) is 20.2 Å². The molecule has 0 unspecified atom stereocenters. The first kappa shape index (κ1) is 16.8. The van der Waals surface area contributed by atoms with Gasteiger partial charge in [0.1, 0.15) is 5.82 Å². The molecule has 8 heteroatoms. The van der Waals surface area contributed by atoms with Gasteiger partial charge in [0.05, 0.1) is 21.7 Å². The Labute approximate surface area is 149 Å².